The number of carbonyl (C=O) groups excluding carboxylic acids is 2. The van der Waals surface area contributed by atoms with Gasteiger partial charge in [-0.2, -0.15) is 19.0 Å². The van der Waals surface area contributed by atoms with E-state index >= 15 is 0 Å². The number of fused-ring (bicyclic) bond motifs is 2. The smallest absolute Gasteiger partial charge is 0.309 e. The summed E-state index contributed by atoms with van der Waals surface area (Å²) in [5.74, 6) is -0.516. The third kappa shape index (κ3) is 3.54. The molecule has 3 amide bonds. The molecule has 3 heterocycles. The third-order valence-electron chi connectivity index (χ3n) is 3.81. The van der Waals surface area contributed by atoms with E-state index in [4.69, 9.17) is 14.2 Å². The highest BCUT2D eigenvalue weighted by Crippen LogP contribution is 2.30. The number of nitrogens with one attached hydrogen (secondary N) is 2. The number of carbonyl (C=O) groups is 2. The zero-order valence-electron chi connectivity index (χ0n) is 11.9. The van der Waals surface area contributed by atoms with Crippen molar-refractivity contribution in [2.24, 2.45) is 0 Å². The molecule has 0 aliphatic carbocycles. The van der Waals surface area contributed by atoms with Gasteiger partial charge in [0.15, 0.2) is 0 Å². The third-order valence-corrected chi connectivity index (χ3v) is 4.16. The van der Waals surface area contributed by atoms with Crippen molar-refractivity contribution in [3.8, 4) is 0 Å². The average molecular weight is 352 g/mol. The molecule has 0 saturated carbocycles. The molecule has 3 saturated heterocycles. The van der Waals surface area contributed by atoms with Gasteiger partial charge in [0.2, 0.25) is 0 Å². The quantitative estimate of drug-likeness (QED) is 0.375. The van der Waals surface area contributed by atoms with E-state index in [-0.39, 0.29) is 19.3 Å². The molecule has 0 aromatic rings. The molecule has 3 rings (SSSR count). The summed E-state index contributed by atoms with van der Waals surface area (Å²) in [5.41, 5.74) is 4.87. The molecule has 3 N–H and O–H groups in total. The van der Waals surface area contributed by atoms with Crippen molar-refractivity contribution in [1.29, 1.82) is 0 Å². The average Bonchev–Trinajstić information content (AvgIpc) is 3.08. The SMILES string of the molecule is O=C(NOC1CNOC1)[C@@H]1CC[C@@H]2CN1C(=O)N2OS(=O)(=O)O. The summed E-state index contributed by atoms with van der Waals surface area (Å²) in [4.78, 5) is 35.5. The summed E-state index contributed by atoms with van der Waals surface area (Å²) in [6, 6.07) is -2.14. The number of hydrogen-bond donors (Lipinski definition) is 3. The Balaban J connectivity index is 1.60. The molecule has 23 heavy (non-hydrogen) atoms. The Bertz CT molecular complexity index is 592. The lowest BCUT2D eigenvalue weighted by molar-refractivity contribution is -0.143. The molecular formula is C10H16N4O8S. The summed E-state index contributed by atoms with van der Waals surface area (Å²) < 4.78 is 34.6. The van der Waals surface area contributed by atoms with E-state index in [0.717, 1.165) is 0 Å². The van der Waals surface area contributed by atoms with Crippen molar-refractivity contribution < 1.29 is 36.5 Å². The Morgan fingerprint density at radius 2 is 2.22 bits per heavy atom. The lowest BCUT2D eigenvalue weighted by Gasteiger charge is -2.29. The Morgan fingerprint density at radius 1 is 1.43 bits per heavy atom. The molecule has 3 aliphatic heterocycles. The largest absolute Gasteiger partial charge is 0.418 e. The van der Waals surface area contributed by atoms with Crippen molar-refractivity contribution in [2.75, 3.05) is 19.7 Å². The van der Waals surface area contributed by atoms with E-state index in [1.807, 2.05) is 0 Å². The Kier molecular flexibility index (Phi) is 4.39. The molecule has 0 spiro atoms. The van der Waals surface area contributed by atoms with Crippen LogP contribution in [0.3, 0.4) is 0 Å². The number of hydroxylamine groups is 4. The van der Waals surface area contributed by atoms with Crippen LogP contribution in [0.25, 0.3) is 0 Å². The van der Waals surface area contributed by atoms with Gasteiger partial charge in [-0.3, -0.25) is 19.0 Å². The Morgan fingerprint density at radius 3 is 2.87 bits per heavy atom. The van der Waals surface area contributed by atoms with Gasteiger partial charge in [-0.25, -0.2) is 10.3 Å². The molecule has 0 aromatic heterocycles. The highest BCUT2D eigenvalue weighted by molar-refractivity contribution is 7.80. The first kappa shape index (κ1) is 16.4. The molecular weight excluding hydrogens is 336 g/mol. The first-order valence-electron chi connectivity index (χ1n) is 6.92. The molecule has 13 heteroatoms. The van der Waals surface area contributed by atoms with Crippen LogP contribution in [0.1, 0.15) is 12.8 Å². The standard InChI is InChI=1S/C10H16N4O8S/c15-9(12-21-7-3-11-20-5-7)8-2-1-6-4-13(8)10(16)14(6)22-23(17,18)19/h6-8,11H,1-5H2,(H,12,15)(H,17,18,19)/t6-,7?,8+/m1/s1. The lowest BCUT2D eigenvalue weighted by atomic mass is 10.0. The Hall–Kier alpha value is -1.51. The van der Waals surface area contributed by atoms with Gasteiger partial charge >= 0.3 is 16.4 Å². The maximum absolute atomic E-state index is 12.2. The number of hydrogen-bond acceptors (Lipinski definition) is 8. The summed E-state index contributed by atoms with van der Waals surface area (Å²) in [5, 5.41) is 0.582. The van der Waals surface area contributed by atoms with Gasteiger partial charge < -0.3 is 4.90 Å². The molecule has 3 atom stereocenters. The van der Waals surface area contributed by atoms with E-state index in [2.05, 4.69) is 15.2 Å². The number of amides is 3. The first-order chi connectivity index (χ1) is 10.8. The maximum atomic E-state index is 12.2. The number of rotatable bonds is 5. The molecule has 3 aliphatic rings. The summed E-state index contributed by atoms with van der Waals surface area (Å²) in [6.07, 6.45) is 0.337. The fraction of sp³-hybridized carbons (Fsp3) is 0.800. The maximum Gasteiger partial charge on any atom is 0.418 e. The number of urea groups is 1. The van der Waals surface area contributed by atoms with Crippen LogP contribution in [-0.2, 0) is 29.2 Å². The molecule has 0 radical (unpaired) electrons. The summed E-state index contributed by atoms with van der Waals surface area (Å²) in [6.45, 7) is 0.831. The van der Waals surface area contributed by atoms with Crippen LogP contribution < -0.4 is 11.0 Å². The molecule has 130 valence electrons. The molecule has 12 nitrogen and oxygen atoms in total. The second-order valence-corrected chi connectivity index (χ2v) is 6.38. The van der Waals surface area contributed by atoms with Crippen LogP contribution in [-0.4, -0.2) is 72.8 Å². The normalized spacial score (nSPS) is 30.8. The molecule has 2 bridgehead atoms. The van der Waals surface area contributed by atoms with Gasteiger partial charge in [-0.15, -0.1) is 4.28 Å². The van der Waals surface area contributed by atoms with Crippen LogP contribution >= 0.6 is 0 Å². The van der Waals surface area contributed by atoms with Gasteiger partial charge in [-0.05, 0) is 12.8 Å². The van der Waals surface area contributed by atoms with Gasteiger partial charge in [0.25, 0.3) is 5.91 Å². The van der Waals surface area contributed by atoms with Crippen molar-refractivity contribution in [3.63, 3.8) is 0 Å². The van der Waals surface area contributed by atoms with Crippen LogP contribution in [0.2, 0.25) is 0 Å². The highest BCUT2D eigenvalue weighted by atomic mass is 32.3. The van der Waals surface area contributed by atoms with E-state index in [1.165, 1.54) is 4.90 Å². The van der Waals surface area contributed by atoms with Gasteiger partial charge in [0.05, 0.1) is 19.2 Å². The predicted octanol–water partition coefficient (Wildman–Crippen LogP) is -2.06. The first-order valence-corrected chi connectivity index (χ1v) is 8.28. The predicted molar refractivity (Wildman–Crippen MR) is 70.4 cm³/mol. The zero-order valence-corrected chi connectivity index (χ0v) is 12.7. The van der Waals surface area contributed by atoms with E-state index in [9.17, 15) is 18.0 Å². The second-order valence-electron chi connectivity index (χ2n) is 5.38. The minimum Gasteiger partial charge on any atom is -0.309 e. The zero-order chi connectivity index (χ0) is 16.6. The van der Waals surface area contributed by atoms with Crippen LogP contribution in [0.5, 0.6) is 0 Å². The minimum atomic E-state index is -4.81. The topological polar surface area (TPSA) is 147 Å². The van der Waals surface area contributed by atoms with E-state index in [1.54, 1.807) is 0 Å². The summed E-state index contributed by atoms with van der Waals surface area (Å²) in [7, 11) is -4.81. The molecule has 0 aromatic carbocycles. The Labute approximate surface area is 131 Å². The van der Waals surface area contributed by atoms with Gasteiger partial charge in [0.1, 0.15) is 12.1 Å². The number of piperidine rings is 1. The van der Waals surface area contributed by atoms with Crippen LogP contribution in [0.15, 0.2) is 0 Å². The van der Waals surface area contributed by atoms with Crippen molar-refractivity contribution in [3.05, 3.63) is 0 Å². The lowest BCUT2D eigenvalue weighted by Crippen LogP contribution is -2.50. The number of nitrogens with zero attached hydrogens (tertiary/aromatic N) is 2. The molecule has 1 unspecified atom stereocenters. The fourth-order valence-corrected chi connectivity index (χ4v) is 3.14. The second kappa shape index (κ2) is 6.18. The monoisotopic (exact) mass is 352 g/mol. The van der Waals surface area contributed by atoms with Crippen molar-refractivity contribution in [2.45, 2.75) is 31.0 Å². The van der Waals surface area contributed by atoms with E-state index < -0.39 is 34.4 Å². The van der Waals surface area contributed by atoms with Crippen molar-refractivity contribution in [1.82, 2.24) is 20.9 Å². The van der Waals surface area contributed by atoms with Crippen LogP contribution in [0, 0.1) is 0 Å². The van der Waals surface area contributed by atoms with E-state index in [0.29, 0.717) is 24.4 Å². The molecule has 3 fully saturated rings. The fourth-order valence-electron chi connectivity index (χ4n) is 2.75. The minimum absolute atomic E-state index is 0.126. The van der Waals surface area contributed by atoms with Gasteiger partial charge in [-0.1, -0.05) is 0 Å². The van der Waals surface area contributed by atoms with Crippen molar-refractivity contribution >= 4 is 22.3 Å². The highest BCUT2D eigenvalue weighted by Gasteiger charge is 2.49. The van der Waals surface area contributed by atoms with Gasteiger partial charge in [0, 0.05) is 6.54 Å². The van der Waals surface area contributed by atoms with Crippen LogP contribution in [0.4, 0.5) is 4.79 Å². The summed E-state index contributed by atoms with van der Waals surface area (Å²) >= 11 is 0.